The fourth-order valence-electron chi connectivity index (χ4n) is 3.21. The summed E-state index contributed by atoms with van der Waals surface area (Å²) in [7, 11) is 1.57. The lowest BCUT2D eigenvalue weighted by Gasteiger charge is -2.09. The number of aromatic nitrogens is 4. The number of carbonyl (C=O) groups excluding carboxylic acids is 1. The fraction of sp³-hybridized carbons (Fsp3) is 0.263. The van der Waals surface area contributed by atoms with Crippen LogP contribution in [-0.4, -0.2) is 32.8 Å². The summed E-state index contributed by atoms with van der Waals surface area (Å²) in [6.45, 7) is 1.81. The van der Waals surface area contributed by atoms with Gasteiger partial charge in [0.25, 0.3) is 11.5 Å². The molecule has 8 heteroatoms. The smallest absolute Gasteiger partial charge is 0.256 e. The Balaban J connectivity index is 1.66. The molecule has 2 heterocycles. The molecular weight excluding hydrogens is 346 g/mol. The first-order chi connectivity index (χ1) is 13.0. The Kier molecular flexibility index (Phi) is 4.23. The van der Waals surface area contributed by atoms with Gasteiger partial charge in [0.2, 0.25) is 5.95 Å². The van der Waals surface area contributed by atoms with Crippen LogP contribution in [-0.2, 0) is 12.8 Å². The summed E-state index contributed by atoms with van der Waals surface area (Å²) in [5.41, 5.74) is 2.58. The molecule has 0 fully saturated rings. The fourth-order valence-corrected chi connectivity index (χ4v) is 3.21. The van der Waals surface area contributed by atoms with E-state index < -0.39 is 0 Å². The number of hydrogen-bond acceptors (Lipinski definition) is 5. The van der Waals surface area contributed by atoms with E-state index in [-0.39, 0.29) is 11.5 Å². The minimum absolute atomic E-state index is 0.145. The molecule has 0 aliphatic heterocycles. The van der Waals surface area contributed by atoms with Crippen LogP contribution in [0.4, 0.5) is 5.82 Å². The van der Waals surface area contributed by atoms with E-state index in [1.54, 1.807) is 37.4 Å². The SMILES string of the molecule is COc1ccc(C(=O)Nc2cc(C)nn2-c2nc3c(c(=O)[nH]2)CCC3)cc1. The maximum Gasteiger partial charge on any atom is 0.256 e. The Bertz CT molecular complexity index is 1070. The van der Waals surface area contributed by atoms with Gasteiger partial charge in [-0.2, -0.15) is 9.78 Å². The first-order valence-electron chi connectivity index (χ1n) is 8.69. The van der Waals surface area contributed by atoms with Gasteiger partial charge in [-0.1, -0.05) is 0 Å². The lowest BCUT2D eigenvalue weighted by molar-refractivity contribution is 0.102. The zero-order chi connectivity index (χ0) is 19.0. The molecule has 0 saturated heterocycles. The van der Waals surface area contributed by atoms with Crippen molar-refractivity contribution in [1.82, 2.24) is 19.7 Å². The molecule has 1 aliphatic rings. The molecule has 138 valence electrons. The Labute approximate surface area is 155 Å². The highest BCUT2D eigenvalue weighted by atomic mass is 16.5. The predicted octanol–water partition coefficient (Wildman–Crippen LogP) is 2.01. The number of aromatic amines is 1. The summed E-state index contributed by atoms with van der Waals surface area (Å²) >= 11 is 0. The topological polar surface area (TPSA) is 102 Å². The Hall–Kier alpha value is -3.42. The maximum atomic E-state index is 12.6. The average Bonchev–Trinajstić information content (AvgIpc) is 3.28. The molecule has 0 bridgehead atoms. The maximum absolute atomic E-state index is 12.6. The van der Waals surface area contributed by atoms with Gasteiger partial charge >= 0.3 is 0 Å². The summed E-state index contributed by atoms with van der Waals surface area (Å²) in [4.78, 5) is 32.2. The number of methoxy groups -OCH3 is 1. The van der Waals surface area contributed by atoms with Crippen molar-refractivity contribution in [3.63, 3.8) is 0 Å². The monoisotopic (exact) mass is 365 g/mol. The quantitative estimate of drug-likeness (QED) is 0.736. The molecule has 2 N–H and O–H groups in total. The van der Waals surface area contributed by atoms with E-state index in [9.17, 15) is 9.59 Å². The van der Waals surface area contributed by atoms with E-state index in [4.69, 9.17) is 4.74 Å². The van der Waals surface area contributed by atoms with Crippen molar-refractivity contribution >= 4 is 11.7 Å². The Morgan fingerprint density at radius 3 is 2.78 bits per heavy atom. The van der Waals surface area contributed by atoms with Crippen molar-refractivity contribution < 1.29 is 9.53 Å². The van der Waals surface area contributed by atoms with Gasteiger partial charge in [-0.3, -0.25) is 14.6 Å². The molecule has 0 atom stereocenters. The minimum Gasteiger partial charge on any atom is -0.497 e. The number of rotatable bonds is 4. The molecule has 2 aromatic heterocycles. The lowest BCUT2D eigenvalue weighted by atomic mass is 10.2. The van der Waals surface area contributed by atoms with E-state index in [1.807, 2.05) is 6.92 Å². The first kappa shape index (κ1) is 17.0. The molecule has 1 amide bonds. The van der Waals surface area contributed by atoms with Gasteiger partial charge in [0.05, 0.1) is 18.5 Å². The third-order valence-corrected chi connectivity index (χ3v) is 4.55. The predicted molar refractivity (Wildman–Crippen MR) is 99.7 cm³/mol. The second kappa shape index (κ2) is 6.71. The van der Waals surface area contributed by atoms with Crippen LogP contribution in [0.5, 0.6) is 5.75 Å². The van der Waals surface area contributed by atoms with Crippen LogP contribution in [0.1, 0.15) is 33.7 Å². The van der Waals surface area contributed by atoms with E-state index in [1.165, 1.54) is 4.68 Å². The standard InChI is InChI=1S/C19H19N5O3/c1-11-10-16(21-17(25)12-6-8-13(27-2)9-7-12)24(23-11)19-20-15-5-3-4-14(15)18(26)22-19/h6-10H,3-5H2,1-2H3,(H,21,25)(H,20,22,26). The van der Waals surface area contributed by atoms with Crippen LogP contribution < -0.4 is 15.6 Å². The largest absolute Gasteiger partial charge is 0.497 e. The van der Waals surface area contributed by atoms with Gasteiger partial charge in [-0.05, 0) is 50.5 Å². The number of H-pyrrole nitrogens is 1. The van der Waals surface area contributed by atoms with Crippen LogP contribution in [0, 0.1) is 6.92 Å². The number of fused-ring (bicyclic) bond motifs is 1. The Morgan fingerprint density at radius 1 is 1.26 bits per heavy atom. The summed E-state index contributed by atoms with van der Waals surface area (Å²) in [5, 5.41) is 7.20. The van der Waals surface area contributed by atoms with Crippen LogP contribution in [0.15, 0.2) is 35.1 Å². The number of nitrogens with one attached hydrogen (secondary N) is 2. The molecule has 27 heavy (non-hydrogen) atoms. The molecule has 3 aromatic rings. The number of amides is 1. The second-order valence-electron chi connectivity index (χ2n) is 6.43. The molecule has 4 rings (SSSR count). The van der Waals surface area contributed by atoms with Crippen LogP contribution in [0.3, 0.4) is 0 Å². The normalized spacial score (nSPS) is 12.7. The molecule has 1 aliphatic carbocycles. The molecular formula is C19H19N5O3. The minimum atomic E-state index is -0.290. The van der Waals surface area contributed by atoms with Crippen molar-refractivity contribution in [2.45, 2.75) is 26.2 Å². The van der Waals surface area contributed by atoms with Gasteiger partial charge in [-0.25, -0.2) is 4.98 Å². The van der Waals surface area contributed by atoms with Gasteiger partial charge < -0.3 is 10.1 Å². The summed E-state index contributed by atoms with van der Waals surface area (Å²) in [5.74, 6) is 1.13. The van der Waals surface area contributed by atoms with Gasteiger partial charge in [0.1, 0.15) is 11.6 Å². The number of ether oxygens (including phenoxy) is 1. The van der Waals surface area contributed by atoms with Crippen molar-refractivity contribution in [2.75, 3.05) is 12.4 Å². The zero-order valence-electron chi connectivity index (χ0n) is 15.1. The number of nitrogens with zero attached hydrogens (tertiary/aromatic N) is 3. The number of carbonyl (C=O) groups is 1. The van der Waals surface area contributed by atoms with Crippen LogP contribution in [0.25, 0.3) is 5.95 Å². The number of anilines is 1. The molecule has 0 radical (unpaired) electrons. The highest BCUT2D eigenvalue weighted by molar-refractivity contribution is 6.04. The van der Waals surface area contributed by atoms with Crippen molar-refractivity contribution in [1.29, 1.82) is 0 Å². The highest BCUT2D eigenvalue weighted by Crippen LogP contribution is 2.20. The lowest BCUT2D eigenvalue weighted by Crippen LogP contribution is -2.21. The zero-order valence-corrected chi connectivity index (χ0v) is 15.1. The second-order valence-corrected chi connectivity index (χ2v) is 6.43. The summed E-state index contributed by atoms with van der Waals surface area (Å²) in [6, 6.07) is 8.52. The average molecular weight is 365 g/mol. The van der Waals surface area contributed by atoms with E-state index in [0.29, 0.717) is 28.8 Å². The van der Waals surface area contributed by atoms with Crippen molar-refractivity contribution in [3.05, 3.63) is 63.2 Å². The third-order valence-electron chi connectivity index (χ3n) is 4.55. The number of hydrogen-bond donors (Lipinski definition) is 2. The molecule has 0 unspecified atom stereocenters. The van der Waals surface area contributed by atoms with E-state index in [2.05, 4.69) is 20.4 Å². The van der Waals surface area contributed by atoms with E-state index in [0.717, 1.165) is 30.5 Å². The molecule has 0 saturated carbocycles. The van der Waals surface area contributed by atoms with Crippen LogP contribution in [0.2, 0.25) is 0 Å². The Morgan fingerprint density at radius 2 is 2.04 bits per heavy atom. The molecule has 1 aromatic carbocycles. The van der Waals surface area contributed by atoms with Gasteiger partial charge in [0, 0.05) is 17.2 Å². The van der Waals surface area contributed by atoms with Gasteiger partial charge in [0.15, 0.2) is 0 Å². The molecule has 8 nitrogen and oxygen atoms in total. The highest BCUT2D eigenvalue weighted by Gasteiger charge is 2.20. The molecule has 0 spiro atoms. The number of aryl methyl sites for hydroxylation is 2. The van der Waals surface area contributed by atoms with Crippen LogP contribution >= 0.6 is 0 Å². The summed E-state index contributed by atoms with van der Waals surface area (Å²) in [6.07, 6.45) is 2.45. The van der Waals surface area contributed by atoms with Crippen molar-refractivity contribution in [2.24, 2.45) is 0 Å². The van der Waals surface area contributed by atoms with Gasteiger partial charge in [-0.15, -0.1) is 0 Å². The third kappa shape index (κ3) is 3.21. The van der Waals surface area contributed by atoms with E-state index >= 15 is 0 Å². The summed E-state index contributed by atoms with van der Waals surface area (Å²) < 4.78 is 6.56. The van der Waals surface area contributed by atoms with Crippen molar-refractivity contribution in [3.8, 4) is 11.7 Å². The number of benzene rings is 1. The first-order valence-corrected chi connectivity index (χ1v) is 8.69.